The molecule has 2 unspecified atom stereocenters. The molecular formula is C13H24N2O2. The molecule has 0 aromatic heterocycles. The van der Waals surface area contributed by atoms with Crippen LogP contribution in [0.4, 0.5) is 0 Å². The van der Waals surface area contributed by atoms with E-state index in [1.54, 1.807) is 0 Å². The Morgan fingerprint density at radius 2 is 1.94 bits per heavy atom. The summed E-state index contributed by atoms with van der Waals surface area (Å²) < 4.78 is 0. The maximum atomic E-state index is 11.8. The molecule has 0 bridgehead atoms. The van der Waals surface area contributed by atoms with Crippen molar-refractivity contribution < 1.29 is 9.90 Å². The average molecular weight is 240 g/mol. The van der Waals surface area contributed by atoms with Crippen LogP contribution in [-0.2, 0) is 4.79 Å². The van der Waals surface area contributed by atoms with Crippen LogP contribution in [0.2, 0.25) is 0 Å². The third-order valence-corrected chi connectivity index (χ3v) is 4.22. The summed E-state index contributed by atoms with van der Waals surface area (Å²) in [6, 6.07) is 0.0196. The molecule has 3 N–H and O–H groups in total. The molecule has 1 aliphatic carbocycles. The highest BCUT2D eigenvalue weighted by Gasteiger charge is 2.27. The summed E-state index contributed by atoms with van der Waals surface area (Å²) in [6.07, 6.45) is 6.77. The molecule has 1 saturated heterocycles. The van der Waals surface area contributed by atoms with Crippen LogP contribution < -0.4 is 10.6 Å². The van der Waals surface area contributed by atoms with Crippen molar-refractivity contribution in [3.05, 3.63) is 0 Å². The number of nitrogens with one attached hydrogen (secondary N) is 2. The van der Waals surface area contributed by atoms with E-state index in [4.69, 9.17) is 0 Å². The van der Waals surface area contributed by atoms with Gasteiger partial charge in [0.1, 0.15) is 0 Å². The van der Waals surface area contributed by atoms with E-state index in [0.29, 0.717) is 11.8 Å². The molecule has 4 nitrogen and oxygen atoms in total. The summed E-state index contributed by atoms with van der Waals surface area (Å²) in [6.45, 7) is 1.96. The van der Waals surface area contributed by atoms with Gasteiger partial charge in [-0.25, -0.2) is 0 Å². The summed E-state index contributed by atoms with van der Waals surface area (Å²) in [7, 11) is 0. The van der Waals surface area contributed by atoms with Crippen LogP contribution >= 0.6 is 0 Å². The molecule has 0 radical (unpaired) electrons. The van der Waals surface area contributed by atoms with Gasteiger partial charge in [-0.15, -0.1) is 0 Å². The number of aliphatic hydroxyl groups excluding tert-OH is 1. The van der Waals surface area contributed by atoms with Gasteiger partial charge in [0, 0.05) is 13.2 Å². The number of aliphatic hydroxyl groups is 1. The number of hydrogen-bond donors (Lipinski definition) is 3. The zero-order valence-corrected chi connectivity index (χ0v) is 10.5. The second kappa shape index (κ2) is 6.36. The largest absolute Gasteiger partial charge is 0.396 e. The van der Waals surface area contributed by atoms with E-state index >= 15 is 0 Å². The van der Waals surface area contributed by atoms with Crippen molar-refractivity contribution in [2.24, 2.45) is 11.8 Å². The molecule has 0 aromatic rings. The van der Waals surface area contributed by atoms with E-state index in [9.17, 15) is 9.90 Å². The fraction of sp³-hybridized carbons (Fsp3) is 0.923. The Kier molecular flexibility index (Phi) is 4.80. The second-order valence-electron chi connectivity index (χ2n) is 5.38. The second-order valence-corrected chi connectivity index (χ2v) is 5.38. The maximum Gasteiger partial charge on any atom is 0.237 e. The summed E-state index contributed by atoms with van der Waals surface area (Å²) in [5.41, 5.74) is 0. The van der Waals surface area contributed by atoms with E-state index in [2.05, 4.69) is 10.6 Å². The predicted octanol–water partition coefficient (Wildman–Crippen LogP) is 0.653. The van der Waals surface area contributed by atoms with Gasteiger partial charge in [0.2, 0.25) is 5.91 Å². The zero-order chi connectivity index (χ0) is 12.1. The van der Waals surface area contributed by atoms with E-state index in [0.717, 1.165) is 38.8 Å². The first kappa shape index (κ1) is 12.8. The molecule has 0 spiro atoms. The van der Waals surface area contributed by atoms with E-state index in [-0.39, 0.29) is 18.6 Å². The van der Waals surface area contributed by atoms with Crippen molar-refractivity contribution in [2.45, 2.75) is 44.6 Å². The van der Waals surface area contributed by atoms with Crippen LogP contribution in [0.25, 0.3) is 0 Å². The lowest BCUT2D eigenvalue weighted by Gasteiger charge is -2.30. The Hall–Kier alpha value is -0.610. The minimum absolute atomic E-state index is 0.0196. The first-order valence-electron chi connectivity index (χ1n) is 6.93. The molecule has 2 fully saturated rings. The summed E-state index contributed by atoms with van der Waals surface area (Å²) in [5.74, 6) is 1.00. The number of rotatable bonds is 4. The Balaban J connectivity index is 1.74. The Morgan fingerprint density at radius 1 is 1.18 bits per heavy atom. The molecule has 2 rings (SSSR count). The Morgan fingerprint density at radius 3 is 2.59 bits per heavy atom. The summed E-state index contributed by atoms with van der Waals surface area (Å²) in [5, 5.41) is 15.6. The third kappa shape index (κ3) is 3.42. The van der Waals surface area contributed by atoms with Crippen molar-refractivity contribution in [3.8, 4) is 0 Å². The van der Waals surface area contributed by atoms with Crippen LogP contribution in [0.5, 0.6) is 0 Å². The van der Waals surface area contributed by atoms with Gasteiger partial charge in [0.15, 0.2) is 0 Å². The van der Waals surface area contributed by atoms with Gasteiger partial charge in [-0.05, 0) is 44.1 Å². The van der Waals surface area contributed by atoms with Crippen molar-refractivity contribution in [1.82, 2.24) is 10.6 Å². The summed E-state index contributed by atoms with van der Waals surface area (Å²) >= 11 is 0. The SMILES string of the molecule is O=C(NCC1CCCCC1CO)[C@@H]1CCCN1. The van der Waals surface area contributed by atoms with Crippen molar-refractivity contribution >= 4 is 5.91 Å². The number of carbonyl (C=O) groups excluding carboxylic acids is 1. The highest BCUT2D eigenvalue weighted by Crippen LogP contribution is 2.29. The van der Waals surface area contributed by atoms with Crippen molar-refractivity contribution in [2.75, 3.05) is 19.7 Å². The van der Waals surface area contributed by atoms with Gasteiger partial charge in [-0.2, -0.15) is 0 Å². The third-order valence-electron chi connectivity index (χ3n) is 4.22. The van der Waals surface area contributed by atoms with Gasteiger partial charge in [-0.1, -0.05) is 12.8 Å². The molecular weight excluding hydrogens is 216 g/mol. The first-order chi connectivity index (χ1) is 8.31. The lowest BCUT2D eigenvalue weighted by Crippen LogP contribution is -2.43. The average Bonchev–Trinajstić information content (AvgIpc) is 2.90. The fourth-order valence-corrected chi connectivity index (χ4v) is 3.06. The number of amides is 1. The molecule has 1 amide bonds. The summed E-state index contributed by atoms with van der Waals surface area (Å²) in [4.78, 5) is 11.8. The van der Waals surface area contributed by atoms with Gasteiger partial charge in [0.05, 0.1) is 6.04 Å². The first-order valence-corrected chi connectivity index (χ1v) is 6.93. The quantitative estimate of drug-likeness (QED) is 0.676. The topological polar surface area (TPSA) is 61.4 Å². The Labute approximate surface area is 103 Å². The Bertz CT molecular complexity index is 252. The number of hydrogen-bond acceptors (Lipinski definition) is 3. The van der Waals surface area contributed by atoms with Crippen LogP contribution in [0.15, 0.2) is 0 Å². The van der Waals surface area contributed by atoms with Crippen molar-refractivity contribution in [1.29, 1.82) is 0 Å². The fourth-order valence-electron chi connectivity index (χ4n) is 3.06. The van der Waals surface area contributed by atoms with Gasteiger partial charge in [0.25, 0.3) is 0 Å². The number of carbonyl (C=O) groups is 1. The van der Waals surface area contributed by atoms with Crippen LogP contribution in [0, 0.1) is 11.8 Å². The zero-order valence-electron chi connectivity index (χ0n) is 10.5. The van der Waals surface area contributed by atoms with Crippen LogP contribution in [0.3, 0.4) is 0 Å². The van der Waals surface area contributed by atoms with Crippen LogP contribution in [-0.4, -0.2) is 36.8 Å². The smallest absolute Gasteiger partial charge is 0.237 e. The van der Waals surface area contributed by atoms with Crippen LogP contribution in [0.1, 0.15) is 38.5 Å². The van der Waals surface area contributed by atoms with Gasteiger partial charge < -0.3 is 15.7 Å². The van der Waals surface area contributed by atoms with E-state index in [1.807, 2.05) is 0 Å². The maximum absolute atomic E-state index is 11.8. The molecule has 3 atom stereocenters. The van der Waals surface area contributed by atoms with Gasteiger partial charge >= 0.3 is 0 Å². The molecule has 1 aliphatic heterocycles. The molecule has 17 heavy (non-hydrogen) atoms. The minimum atomic E-state index is 0.0196. The standard InChI is InChI=1S/C13H24N2O2/c16-9-11-5-2-1-4-10(11)8-15-13(17)12-6-3-7-14-12/h10-12,14,16H,1-9H2,(H,15,17)/t10?,11?,12-/m0/s1. The van der Waals surface area contributed by atoms with E-state index < -0.39 is 0 Å². The molecule has 1 saturated carbocycles. The van der Waals surface area contributed by atoms with Crippen molar-refractivity contribution in [3.63, 3.8) is 0 Å². The van der Waals surface area contributed by atoms with Gasteiger partial charge in [-0.3, -0.25) is 4.79 Å². The molecule has 0 aromatic carbocycles. The molecule has 2 aliphatic rings. The monoisotopic (exact) mass is 240 g/mol. The lowest BCUT2D eigenvalue weighted by molar-refractivity contribution is -0.123. The molecule has 98 valence electrons. The molecule has 4 heteroatoms. The normalized spacial score (nSPS) is 33.6. The minimum Gasteiger partial charge on any atom is -0.396 e. The lowest BCUT2D eigenvalue weighted by atomic mass is 9.79. The highest BCUT2D eigenvalue weighted by atomic mass is 16.3. The van der Waals surface area contributed by atoms with E-state index in [1.165, 1.54) is 12.8 Å². The molecule has 1 heterocycles. The predicted molar refractivity (Wildman–Crippen MR) is 66.6 cm³/mol. The highest BCUT2D eigenvalue weighted by molar-refractivity contribution is 5.81.